The molecule has 126 valence electrons. The first kappa shape index (κ1) is 18.0. The van der Waals surface area contributed by atoms with Crippen LogP contribution >= 0.6 is 0 Å². The highest BCUT2D eigenvalue weighted by Crippen LogP contribution is 2.29. The number of benzene rings is 1. The molecule has 0 amide bonds. The average molecular weight is 333 g/mol. The van der Waals surface area contributed by atoms with Gasteiger partial charge in [0.1, 0.15) is 5.69 Å². The summed E-state index contributed by atoms with van der Waals surface area (Å²) in [5.74, 6) is 5.42. The van der Waals surface area contributed by atoms with Gasteiger partial charge in [-0.05, 0) is 53.3 Å². The van der Waals surface area contributed by atoms with Crippen LogP contribution in [0, 0.1) is 11.8 Å². The first-order valence-corrected chi connectivity index (χ1v) is 7.75. The highest BCUT2D eigenvalue weighted by Gasteiger charge is 2.10. The molecular weight excluding hydrogens is 314 g/mol. The Morgan fingerprint density at radius 1 is 1.28 bits per heavy atom. The molecule has 1 aliphatic rings. The van der Waals surface area contributed by atoms with E-state index in [1.54, 1.807) is 19.6 Å². The lowest BCUT2D eigenvalue weighted by Gasteiger charge is -2.14. The number of carboxylic acid groups (broad SMARTS) is 1. The van der Waals surface area contributed by atoms with Crippen LogP contribution in [0.15, 0.2) is 54.9 Å². The van der Waals surface area contributed by atoms with Gasteiger partial charge in [-0.1, -0.05) is 30.2 Å². The van der Waals surface area contributed by atoms with Gasteiger partial charge in [0.25, 0.3) is 5.97 Å². The lowest BCUT2D eigenvalue weighted by Crippen LogP contribution is -1.95. The minimum absolute atomic E-state index is 0.780. The van der Waals surface area contributed by atoms with Crippen LogP contribution in [0.25, 0.3) is 11.6 Å². The number of hydrogen-bond acceptors (Lipinski definition) is 3. The maximum Gasteiger partial charge on any atom is 0.300 e. The Morgan fingerprint density at radius 3 is 2.76 bits per heavy atom. The zero-order valence-electron chi connectivity index (χ0n) is 14.2. The van der Waals surface area contributed by atoms with Crippen LogP contribution in [0.5, 0.6) is 0 Å². The van der Waals surface area contributed by atoms with Gasteiger partial charge in [0.05, 0.1) is 13.4 Å². The number of rotatable bonds is 1. The van der Waals surface area contributed by atoms with Gasteiger partial charge in [0, 0.05) is 18.7 Å². The molecule has 0 saturated heterocycles. The molecule has 1 aliphatic carbocycles. The van der Waals surface area contributed by atoms with E-state index in [0.29, 0.717) is 0 Å². The smallest absolute Gasteiger partial charge is 0.300 e. The molecule has 0 fully saturated rings. The molecule has 0 aliphatic heterocycles. The van der Waals surface area contributed by atoms with Gasteiger partial charge in [-0.2, -0.15) is 0 Å². The van der Waals surface area contributed by atoms with E-state index in [9.17, 15) is 0 Å². The summed E-state index contributed by atoms with van der Waals surface area (Å²) < 4.78 is 5.17. The topological polar surface area (TPSA) is 59.4 Å². The SMILES string of the molecule is CC(=O)O.COC=C1CC=Cc2ccc(C#Cc3ccccn3)cc21. The third-order valence-electron chi connectivity index (χ3n) is 3.29. The number of carboxylic acids is 1. The number of aromatic nitrogens is 1. The molecule has 0 saturated carbocycles. The van der Waals surface area contributed by atoms with Crippen LogP contribution in [0.1, 0.15) is 35.7 Å². The van der Waals surface area contributed by atoms with Crippen LogP contribution in [0.2, 0.25) is 0 Å². The van der Waals surface area contributed by atoms with Crippen LogP contribution in [-0.4, -0.2) is 23.2 Å². The first-order valence-electron chi connectivity index (χ1n) is 7.75. The number of carbonyl (C=O) groups is 1. The summed E-state index contributed by atoms with van der Waals surface area (Å²) in [5.41, 5.74) is 5.33. The van der Waals surface area contributed by atoms with E-state index in [0.717, 1.165) is 24.6 Å². The van der Waals surface area contributed by atoms with Crippen molar-refractivity contribution in [2.24, 2.45) is 0 Å². The van der Waals surface area contributed by atoms with Gasteiger partial charge >= 0.3 is 0 Å². The van der Waals surface area contributed by atoms with Gasteiger partial charge in [-0.25, -0.2) is 4.98 Å². The van der Waals surface area contributed by atoms with Gasteiger partial charge in [0.15, 0.2) is 0 Å². The highest BCUT2D eigenvalue weighted by molar-refractivity contribution is 5.79. The molecule has 0 unspecified atom stereocenters. The molecule has 4 nitrogen and oxygen atoms in total. The summed E-state index contributed by atoms with van der Waals surface area (Å²) in [6.45, 7) is 1.08. The van der Waals surface area contributed by atoms with E-state index < -0.39 is 5.97 Å². The van der Waals surface area contributed by atoms with Gasteiger partial charge in [-0.3, -0.25) is 4.79 Å². The predicted molar refractivity (Wildman–Crippen MR) is 98.6 cm³/mol. The Hall–Kier alpha value is -3.32. The van der Waals surface area contributed by atoms with E-state index in [2.05, 4.69) is 41.1 Å². The van der Waals surface area contributed by atoms with Gasteiger partial charge in [0.2, 0.25) is 0 Å². The van der Waals surface area contributed by atoms with Crippen molar-refractivity contribution in [1.82, 2.24) is 4.98 Å². The summed E-state index contributed by atoms with van der Waals surface area (Å²) in [5, 5.41) is 7.42. The number of allylic oxidation sites excluding steroid dienone is 2. The summed E-state index contributed by atoms with van der Waals surface area (Å²) in [6, 6.07) is 12.0. The molecule has 2 aromatic rings. The monoisotopic (exact) mass is 333 g/mol. The van der Waals surface area contributed by atoms with Crippen molar-refractivity contribution in [3.63, 3.8) is 0 Å². The number of aliphatic carboxylic acids is 1. The van der Waals surface area contributed by atoms with Gasteiger partial charge in [-0.15, -0.1) is 0 Å². The largest absolute Gasteiger partial charge is 0.504 e. The average Bonchev–Trinajstić information content (AvgIpc) is 2.61. The maximum atomic E-state index is 9.00. The quantitative estimate of drug-likeness (QED) is 0.633. The molecule has 1 aromatic carbocycles. The minimum Gasteiger partial charge on any atom is -0.504 e. The molecular formula is C21H19NO3. The second kappa shape index (κ2) is 9.09. The molecule has 1 aromatic heterocycles. The summed E-state index contributed by atoms with van der Waals surface area (Å²) in [7, 11) is 1.68. The van der Waals surface area contributed by atoms with Crippen molar-refractivity contribution in [2.45, 2.75) is 13.3 Å². The predicted octanol–water partition coefficient (Wildman–Crippen LogP) is 3.98. The second-order valence-corrected chi connectivity index (χ2v) is 5.27. The van der Waals surface area contributed by atoms with E-state index >= 15 is 0 Å². The molecule has 4 heteroatoms. The number of methoxy groups -OCH3 is 1. The van der Waals surface area contributed by atoms with E-state index in [4.69, 9.17) is 14.6 Å². The minimum atomic E-state index is -0.833. The standard InChI is InChI=1S/C19H15NO.C2H4O2/c1-21-14-17-6-4-5-16-10-8-15(13-19(16)17)9-11-18-7-2-3-12-20-18;1-2(3)4/h2-5,7-8,10,12-14H,6H2,1H3;1H3,(H,3,4). The summed E-state index contributed by atoms with van der Waals surface area (Å²) in [4.78, 5) is 13.2. The highest BCUT2D eigenvalue weighted by atomic mass is 16.5. The van der Waals surface area contributed by atoms with Crippen molar-refractivity contribution in [2.75, 3.05) is 7.11 Å². The lowest BCUT2D eigenvalue weighted by atomic mass is 9.91. The number of hydrogen-bond donors (Lipinski definition) is 1. The fourth-order valence-corrected chi connectivity index (χ4v) is 2.31. The van der Waals surface area contributed by atoms with E-state index in [1.165, 1.54) is 16.7 Å². The molecule has 0 radical (unpaired) electrons. The zero-order chi connectivity index (χ0) is 18.1. The van der Waals surface area contributed by atoms with Crippen molar-refractivity contribution in [3.8, 4) is 11.8 Å². The molecule has 25 heavy (non-hydrogen) atoms. The Balaban J connectivity index is 0.000000511. The van der Waals surface area contributed by atoms with E-state index in [1.807, 2.05) is 24.3 Å². The Morgan fingerprint density at radius 2 is 2.08 bits per heavy atom. The summed E-state index contributed by atoms with van der Waals surface area (Å²) in [6.07, 6.45) is 8.72. The lowest BCUT2D eigenvalue weighted by molar-refractivity contribution is -0.134. The molecule has 3 rings (SSSR count). The number of pyridine rings is 1. The van der Waals surface area contributed by atoms with Crippen molar-refractivity contribution in [3.05, 3.63) is 77.3 Å². The first-order chi connectivity index (χ1) is 12.1. The molecule has 1 heterocycles. The number of nitrogens with zero attached hydrogens (tertiary/aromatic N) is 1. The summed E-state index contributed by atoms with van der Waals surface area (Å²) >= 11 is 0. The zero-order valence-corrected chi connectivity index (χ0v) is 14.2. The molecule has 0 bridgehead atoms. The third-order valence-corrected chi connectivity index (χ3v) is 3.29. The second-order valence-electron chi connectivity index (χ2n) is 5.27. The number of fused-ring (bicyclic) bond motifs is 1. The van der Waals surface area contributed by atoms with Crippen molar-refractivity contribution < 1.29 is 14.6 Å². The Labute approximate surface area is 147 Å². The molecule has 1 N–H and O–H groups in total. The third kappa shape index (κ3) is 5.67. The molecule has 0 spiro atoms. The molecule has 0 atom stereocenters. The van der Waals surface area contributed by atoms with Crippen LogP contribution in [0.4, 0.5) is 0 Å². The van der Waals surface area contributed by atoms with Crippen LogP contribution in [-0.2, 0) is 9.53 Å². The Bertz CT molecular complexity index is 852. The maximum absolute atomic E-state index is 9.00. The van der Waals surface area contributed by atoms with Crippen molar-refractivity contribution in [1.29, 1.82) is 0 Å². The van der Waals surface area contributed by atoms with Crippen molar-refractivity contribution >= 4 is 17.6 Å². The normalized spacial score (nSPS) is 13.0. The fourth-order valence-electron chi connectivity index (χ4n) is 2.31. The van der Waals surface area contributed by atoms with E-state index in [-0.39, 0.29) is 0 Å². The number of ether oxygens (including phenoxy) is 1. The Kier molecular flexibility index (Phi) is 6.56. The van der Waals surface area contributed by atoms with Crippen LogP contribution < -0.4 is 0 Å². The van der Waals surface area contributed by atoms with Crippen LogP contribution in [0.3, 0.4) is 0 Å². The van der Waals surface area contributed by atoms with Gasteiger partial charge < -0.3 is 9.84 Å². The fraction of sp³-hybridized carbons (Fsp3) is 0.143.